The molecule has 1 N–H and O–H groups in total. The smallest absolute Gasteiger partial charge is 0.243 e. The van der Waals surface area contributed by atoms with E-state index in [9.17, 15) is 8.42 Å². The van der Waals surface area contributed by atoms with Crippen LogP contribution in [-0.4, -0.2) is 32.4 Å². The molecule has 0 saturated heterocycles. The Bertz CT molecular complexity index is 592. The predicted molar refractivity (Wildman–Crippen MR) is 81.3 cm³/mol. The van der Waals surface area contributed by atoms with Gasteiger partial charge in [0.15, 0.2) is 0 Å². The summed E-state index contributed by atoms with van der Waals surface area (Å²) in [4.78, 5) is 0.458. The van der Waals surface area contributed by atoms with Crippen molar-refractivity contribution in [3.05, 3.63) is 28.8 Å². The molecule has 1 fully saturated rings. The van der Waals surface area contributed by atoms with Crippen LogP contribution in [0.2, 0.25) is 0 Å². The molecule has 0 spiro atoms. The molecule has 0 bridgehead atoms. The summed E-state index contributed by atoms with van der Waals surface area (Å²) >= 11 is 0. The molecular formula is C15H24N2O2S. The number of benzene rings is 1. The van der Waals surface area contributed by atoms with Crippen LogP contribution >= 0.6 is 0 Å². The first-order chi connectivity index (χ1) is 9.37. The van der Waals surface area contributed by atoms with Gasteiger partial charge in [0.2, 0.25) is 10.0 Å². The van der Waals surface area contributed by atoms with E-state index in [-0.39, 0.29) is 6.04 Å². The Balaban J connectivity index is 2.41. The Morgan fingerprint density at radius 2 is 1.95 bits per heavy atom. The molecule has 1 aromatic rings. The van der Waals surface area contributed by atoms with Gasteiger partial charge in [-0.1, -0.05) is 13.0 Å². The van der Waals surface area contributed by atoms with E-state index in [2.05, 4.69) is 11.4 Å². The lowest BCUT2D eigenvalue weighted by atomic mass is 10.1. The highest BCUT2D eigenvalue weighted by Gasteiger charge is 2.35. The van der Waals surface area contributed by atoms with Crippen LogP contribution in [-0.2, 0) is 16.6 Å². The SMILES string of the molecule is CCNCc1cc(C)c(C)c(S(=O)(=O)N(C)C2CC2)c1. The van der Waals surface area contributed by atoms with Gasteiger partial charge in [-0.25, -0.2) is 8.42 Å². The number of hydrogen-bond donors (Lipinski definition) is 1. The van der Waals surface area contributed by atoms with E-state index >= 15 is 0 Å². The molecule has 1 saturated carbocycles. The second-order valence-corrected chi connectivity index (χ2v) is 7.53. The first kappa shape index (κ1) is 15.5. The normalized spacial score (nSPS) is 15.8. The molecule has 1 aliphatic carbocycles. The molecule has 5 heteroatoms. The second kappa shape index (κ2) is 5.84. The fourth-order valence-corrected chi connectivity index (χ4v) is 4.09. The molecule has 0 aliphatic heterocycles. The van der Waals surface area contributed by atoms with E-state index in [0.717, 1.165) is 36.1 Å². The summed E-state index contributed by atoms with van der Waals surface area (Å²) in [5, 5.41) is 3.25. The molecule has 112 valence electrons. The standard InChI is InChI=1S/C15H24N2O2S/c1-5-16-10-13-8-11(2)12(3)15(9-13)20(18,19)17(4)14-6-7-14/h8-9,14,16H,5-7,10H2,1-4H3. The zero-order valence-corrected chi connectivity index (χ0v) is 13.5. The third kappa shape index (κ3) is 3.05. The summed E-state index contributed by atoms with van der Waals surface area (Å²) in [5.41, 5.74) is 2.92. The van der Waals surface area contributed by atoms with Crippen molar-refractivity contribution in [2.45, 2.75) is 51.1 Å². The monoisotopic (exact) mass is 296 g/mol. The van der Waals surface area contributed by atoms with Crippen LogP contribution < -0.4 is 5.32 Å². The molecule has 1 aliphatic rings. The molecule has 0 unspecified atom stereocenters. The van der Waals surface area contributed by atoms with Crippen molar-refractivity contribution in [3.8, 4) is 0 Å². The molecule has 0 amide bonds. The molecule has 20 heavy (non-hydrogen) atoms. The van der Waals surface area contributed by atoms with Crippen LogP contribution in [0.25, 0.3) is 0 Å². The van der Waals surface area contributed by atoms with E-state index in [4.69, 9.17) is 0 Å². The van der Waals surface area contributed by atoms with Crippen molar-refractivity contribution < 1.29 is 8.42 Å². The van der Waals surface area contributed by atoms with E-state index < -0.39 is 10.0 Å². The molecule has 0 atom stereocenters. The largest absolute Gasteiger partial charge is 0.313 e. The minimum absolute atomic E-state index is 0.192. The first-order valence-corrected chi connectivity index (χ1v) is 8.60. The fourth-order valence-electron chi connectivity index (χ4n) is 2.33. The first-order valence-electron chi connectivity index (χ1n) is 7.16. The molecule has 0 aromatic heterocycles. The highest BCUT2D eigenvalue weighted by molar-refractivity contribution is 7.89. The number of aryl methyl sites for hydroxylation is 1. The van der Waals surface area contributed by atoms with Gasteiger partial charge in [0.25, 0.3) is 0 Å². The lowest BCUT2D eigenvalue weighted by molar-refractivity contribution is 0.463. The van der Waals surface area contributed by atoms with Gasteiger partial charge < -0.3 is 5.32 Å². The summed E-state index contributed by atoms with van der Waals surface area (Å²) in [6.07, 6.45) is 1.95. The van der Waals surface area contributed by atoms with Crippen molar-refractivity contribution in [1.82, 2.24) is 9.62 Å². The Kier molecular flexibility index (Phi) is 4.52. The van der Waals surface area contributed by atoms with E-state index in [1.165, 1.54) is 4.31 Å². The van der Waals surface area contributed by atoms with Gasteiger partial charge in [-0.15, -0.1) is 0 Å². The second-order valence-electron chi connectivity index (χ2n) is 5.57. The Hall–Kier alpha value is -0.910. The number of rotatable bonds is 6. The van der Waals surface area contributed by atoms with E-state index in [1.54, 1.807) is 7.05 Å². The van der Waals surface area contributed by atoms with Crippen LogP contribution in [0.4, 0.5) is 0 Å². The average molecular weight is 296 g/mol. The van der Waals surface area contributed by atoms with Crippen molar-refractivity contribution in [2.75, 3.05) is 13.6 Å². The Labute approximate surface area is 122 Å². The van der Waals surface area contributed by atoms with Crippen LogP contribution in [0.1, 0.15) is 36.5 Å². The van der Waals surface area contributed by atoms with Crippen molar-refractivity contribution in [3.63, 3.8) is 0 Å². The minimum Gasteiger partial charge on any atom is -0.313 e. The third-order valence-electron chi connectivity index (χ3n) is 3.98. The highest BCUT2D eigenvalue weighted by atomic mass is 32.2. The van der Waals surface area contributed by atoms with Gasteiger partial charge >= 0.3 is 0 Å². The third-order valence-corrected chi connectivity index (χ3v) is 6.01. The number of nitrogens with zero attached hydrogens (tertiary/aromatic N) is 1. The van der Waals surface area contributed by atoms with Crippen molar-refractivity contribution in [2.24, 2.45) is 0 Å². The molecule has 0 heterocycles. The number of nitrogens with one attached hydrogen (secondary N) is 1. The van der Waals surface area contributed by atoms with Gasteiger partial charge in [-0.2, -0.15) is 4.31 Å². The lowest BCUT2D eigenvalue weighted by Gasteiger charge is -2.20. The average Bonchev–Trinajstić information content (AvgIpc) is 3.23. The molecule has 1 aromatic carbocycles. The van der Waals surface area contributed by atoms with Gasteiger partial charge in [0.1, 0.15) is 0 Å². The quantitative estimate of drug-likeness (QED) is 0.875. The lowest BCUT2D eigenvalue weighted by Crippen LogP contribution is -2.29. The van der Waals surface area contributed by atoms with E-state index in [0.29, 0.717) is 11.4 Å². The van der Waals surface area contributed by atoms with Gasteiger partial charge in [0.05, 0.1) is 4.90 Å². The summed E-state index contributed by atoms with van der Waals surface area (Å²) < 4.78 is 27.0. The van der Waals surface area contributed by atoms with E-state index in [1.807, 2.05) is 26.8 Å². The Morgan fingerprint density at radius 3 is 2.50 bits per heavy atom. The summed E-state index contributed by atoms with van der Waals surface area (Å²) in [6, 6.07) is 4.07. The molecule has 4 nitrogen and oxygen atoms in total. The van der Waals surface area contributed by atoms with Crippen LogP contribution in [0.5, 0.6) is 0 Å². The molecule has 2 rings (SSSR count). The maximum absolute atomic E-state index is 12.7. The zero-order chi connectivity index (χ0) is 14.9. The van der Waals surface area contributed by atoms with Gasteiger partial charge in [0, 0.05) is 19.6 Å². The molecule has 0 radical (unpaired) electrons. The minimum atomic E-state index is -3.37. The van der Waals surface area contributed by atoms with Crippen molar-refractivity contribution in [1.29, 1.82) is 0 Å². The van der Waals surface area contributed by atoms with Crippen LogP contribution in [0, 0.1) is 13.8 Å². The summed E-state index contributed by atoms with van der Waals surface area (Å²) in [7, 11) is -1.68. The zero-order valence-electron chi connectivity index (χ0n) is 12.7. The van der Waals surface area contributed by atoms with Crippen LogP contribution in [0.3, 0.4) is 0 Å². The van der Waals surface area contributed by atoms with Crippen LogP contribution in [0.15, 0.2) is 17.0 Å². The van der Waals surface area contributed by atoms with Crippen molar-refractivity contribution >= 4 is 10.0 Å². The topological polar surface area (TPSA) is 49.4 Å². The summed E-state index contributed by atoms with van der Waals surface area (Å²) in [6.45, 7) is 7.48. The Morgan fingerprint density at radius 1 is 1.30 bits per heavy atom. The predicted octanol–water partition coefficient (Wildman–Crippen LogP) is 2.20. The maximum Gasteiger partial charge on any atom is 0.243 e. The summed E-state index contributed by atoms with van der Waals surface area (Å²) in [5.74, 6) is 0. The fraction of sp³-hybridized carbons (Fsp3) is 0.600. The maximum atomic E-state index is 12.7. The van der Waals surface area contributed by atoms with Gasteiger partial charge in [-0.05, 0) is 56.0 Å². The molecular weight excluding hydrogens is 272 g/mol. The number of sulfonamides is 1. The van der Waals surface area contributed by atoms with Gasteiger partial charge in [-0.3, -0.25) is 0 Å². The number of hydrogen-bond acceptors (Lipinski definition) is 3. The highest BCUT2D eigenvalue weighted by Crippen LogP contribution is 2.32.